The third-order valence-electron chi connectivity index (χ3n) is 2.73. The van der Waals surface area contributed by atoms with Crippen LogP contribution in [0.3, 0.4) is 0 Å². The lowest BCUT2D eigenvalue weighted by Gasteiger charge is -2.03. The minimum absolute atomic E-state index is 0.165. The molecule has 0 aliphatic rings. The molecule has 0 fully saturated rings. The number of halogens is 1. The first-order chi connectivity index (χ1) is 8.70. The molecule has 0 radical (unpaired) electrons. The van der Waals surface area contributed by atoms with Crippen molar-refractivity contribution in [2.75, 3.05) is 0 Å². The van der Waals surface area contributed by atoms with E-state index in [0.29, 0.717) is 11.7 Å². The van der Waals surface area contributed by atoms with Crippen LogP contribution in [-0.2, 0) is 0 Å². The third kappa shape index (κ3) is 3.17. The zero-order chi connectivity index (χ0) is 13.0. The SMILES string of the molecule is CCCC[C@H](N)c1nc(-c2ccc(Br)cc2)no1. The number of nitrogens with zero attached hydrogens (tertiary/aromatic N) is 2. The zero-order valence-corrected chi connectivity index (χ0v) is 11.9. The molecule has 0 spiro atoms. The van der Waals surface area contributed by atoms with E-state index in [4.69, 9.17) is 10.3 Å². The highest BCUT2D eigenvalue weighted by molar-refractivity contribution is 9.10. The van der Waals surface area contributed by atoms with Crippen LogP contribution in [-0.4, -0.2) is 10.1 Å². The minimum Gasteiger partial charge on any atom is -0.337 e. The number of hydrogen-bond donors (Lipinski definition) is 1. The predicted octanol–water partition coefficient (Wildman–Crippen LogP) is 3.69. The lowest BCUT2D eigenvalue weighted by Crippen LogP contribution is -2.10. The standard InChI is InChI=1S/C13H16BrN3O/c1-2-3-4-11(15)13-16-12(17-18-13)9-5-7-10(14)8-6-9/h5-8,11H,2-4,15H2,1H3/t11-/m0/s1. The molecule has 5 heteroatoms. The molecule has 0 saturated carbocycles. The predicted molar refractivity (Wildman–Crippen MR) is 73.9 cm³/mol. The van der Waals surface area contributed by atoms with Crippen LogP contribution in [0.15, 0.2) is 33.3 Å². The van der Waals surface area contributed by atoms with Gasteiger partial charge in [0.05, 0.1) is 6.04 Å². The number of rotatable bonds is 5. The lowest BCUT2D eigenvalue weighted by atomic mass is 10.1. The van der Waals surface area contributed by atoms with Crippen molar-refractivity contribution in [2.24, 2.45) is 5.73 Å². The van der Waals surface area contributed by atoms with Crippen LogP contribution < -0.4 is 5.73 Å². The van der Waals surface area contributed by atoms with Crippen LogP contribution in [0.1, 0.15) is 38.1 Å². The second-order valence-electron chi connectivity index (χ2n) is 4.21. The number of unbranched alkanes of at least 4 members (excludes halogenated alkanes) is 1. The molecule has 2 aromatic rings. The van der Waals surface area contributed by atoms with Gasteiger partial charge in [-0.15, -0.1) is 0 Å². The summed E-state index contributed by atoms with van der Waals surface area (Å²) in [5.41, 5.74) is 6.92. The van der Waals surface area contributed by atoms with Gasteiger partial charge in [0.1, 0.15) is 0 Å². The van der Waals surface area contributed by atoms with Crippen molar-refractivity contribution in [3.8, 4) is 11.4 Å². The molecule has 1 aromatic heterocycles. The van der Waals surface area contributed by atoms with E-state index in [0.717, 1.165) is 29.3 Å². The molecular weight excluding hydrogens is 294 g/mol. The smallest absolute Gasteiger partial charge is 0.243 e. The summed E-state index contributed by atoms with van der Waals surface area (Å²) in [6.45, 7) is 2.13. The van der Waals surface area contributed by atoms with E-state index in [-0.39, 0.29) is 6.04 Å². The van der Waals surface area contributed by atoms with Crippen molar-refractivity contribution in [1.29, 1.82) is 0 Å². The highest BCUT2D eigenvalue weighted by atomic mass is 79.9. The molecule has 18 heavy (non-hydrogen) atoms. The summed E-state index contributed by atoms with van der Waals surface area (Å²) in [7, 11) is 0. The van der Waals surface area contributed by atoms with Gasteiger partial charge in [0.2, 0.25) is 11.7 Å². The number of nitrogens with two attached hydrogens (primary N) is 1. The van der Waals surface area contributed by atoms with E-state index in [1.165, 1.54) is 0 Å². The largest absolute Gasteiger partial charge is 0.337 e. The molecule has 4 nitrogen and oxygen atoms in total. The van der Waals surface area contributed by atoms with Gasteiger partial charge in [-0.3, -0.25) is 0 Å². The van der Waals surface area contributed by atoms with Crippen LogP contribution in [0, 0.1) is 0 Å². The molecule has 0 saturated heterocycles. The molecule has 2 N–H and O–H groups in total. The Labute approximate surface area is 115 Å². The monoisotopic (exact) mass is 309 g/mol. The second kappa shape index (κ2) is 6.11. The van der Waals surface area contributed by atoms with Gasteiger partial charge in [-0.2, -0.15) is 4.98 Å². The van der Waals surface area contributed by atoms with E-state index in [1.807, 2.05) is 24.3 Å². The number of aromatic nitrogens is 2. The maximum atomic E-state index is 5.99. The number of hydrogen-bond acceptors (Lipinski definition) is 4. The first-order valence-corrected chi connectivity index (χ1v) is 6.85. The fraction of sp³-hybridized carbons (Fsp3) is 0.385. The second-order valence-corrected chi connectivity index (χ2v) is 5.13. The Balaban J connectivity index is 2.12. The average Bonchev–Trinajstić information content (AvgIpc) is 2.86. The van der Waals surface area contributed by atoms with Crippen LogP contribution >= 0.6 is 15.9 Å². The summed E-state index contributed by atoms with van der Waals surface area (Å²) in [5, 5.41) is 3.96. The zero-order valence-electron chi connectivity index (χ0n) is 10.3. The van der Waals surface area contributed by atoms with Crippen molar-refractivity contribution < 1.29 is 4.52 Å². The van der Waals surface area contributed by atoms with Crippen molar-refractivity contribution in [1.82, 2.24) is 10.1 Å². The average molecular weight is 310 g/mol. The summed E-state index contributed by atoms with van der Waals surface area (Å²) in [5.74, 6) is 1.10. The van der Waals surface area contributed by atoms with Gasteiger partial charge in [0.15, 0.2) is 0 Å². The first kappa shape index (κ1) is 13.2. The lowest BCUT2D eigenvalue weighted by molar-refractivity contribution is 0.346. The van der Waals surface area contributed by atoms with Gasteiger partial charge in [-0.1, -0.05) is 40.9 Å². The summed E-state index contributed by atoms with van der Waals surface area (Å²) < 4.78 is 6.23. The van der Waals surface area contributed by atoms with Crippen molar-refractivity contribution in [3.05, 3.63) is 34.6 Å². The third-order valence-corrected chi connectivity index (χ3v) is 3.26. The van der Waals surface area contributed by atoms with E-state index >= 15 is 0 Å². The summed E-state index contributed by atoms with van der Waals surface area (Å²) >= 11 is 3.39. The van der Waals surface area contributed by atoms with Gasteiger partial charge >= 0.3 is 0 Å². The summed E-state index contributed by atoms with van der Waals surface area (Å²) in [6.07, 6.45) is 3.05. The molecule has 0 amide bonds. The molecule has 0 aliphatic carbocycles. The molecule has 1 heterocycles. The fourth-order valence-corrected chi connectivity index (χ4v) is 1.91. The molecule has 2 rings (SSSR count). The van der Waals surface area contributed by atoms with E-state index in [2.05, 4.69) is 33.0 Å². The normalized spacial score (nSPS) is 12.6. The minimum atomic E-state index is -0.165. The Kier molecular flexibility index (Phi) is 4.49. The highest BCUT2D eigenvalue weighted by Crippen LogP contribution is 2.21. The molecule has 0 aliphatic heterocycles. The quantitative estimate of drug-likeness (QED) is 0.914. The van der Waals surface area contributed by atoms with Crippen LogP contribution in [0.2, 0.25) is 0 Å². The molecular formula is C13H16BrN3O. The molecule has 1 atom stereocenters. The Bertz CT molecular complexity index is 495. The van der Waals surface area contributed by atoms with E-state index in [9.17, 15) is 0 Å². The van der Waals surface area contributed by atoms with Crippen LogP contribution in [0.25, 0.3) is 11.4 Å². The summed E-state index contributed by atoms with van der Waals surface area (Å²) in [4.78, 5) is 4.34. The highest BCUT2D eigenvalue weighted by Gasteiger charge is 2.14. The van der Waals surface area contributed by atoms with Crippen LogP contribution in [0.5, 0.6) is 0 Å². The Morgan fingerprint density at radius 3 is 2.72 bits per heavy atom. The van der Waals surface area contributed by atoms with Gasteiger partial charge in [-0.25, -0.2) is 0 Å². The van der Waals surface area contributed by atoms with Crippen molar-refractivity contribution >= 4 is 15.9 Å². The van der Waals surface area contributed by atoms with Crippen LogP contribution in [0.4, 0.5) is 0 Å². The van der Waals surface area contributed by atoms with E-state index < -0.39 is 0 Å². The van der Waals surface area contributed by atoms with Crippen molar-refractivity contribution in [3.63, 3.8) is 0 Å². The van der Waals surface area contributed by atoms with Crippen molar-refractivity contribution in [2.45, 2.75) is 32.2 Å². The molecule has 0 unspecified atom stereocenters. The molecule has 1 aromatic carbocycles. The van der Waals surface area contributed by atoms with Gasteiger partial charge in [-0.05, 0) is 30.7 Å². The van der Waals surface area contributed by atoms with Gasteiger partial charge in [0, 0.05) is 10.0 Å². The topological polar surface area (TPSA) is 64.9 Å². The van der Waals surface area contributed by atoms with Gasteiger partial charge < -0.3 is 10.3 Å². The van der Waals surface area contributed by atoms with Gasteiger partial charge in [0.25, 0.3) is 0 Å². The number of benzene rings is 1. The first-order valence-electron chi connectivity index (χ1n) is 6.06. The van der Waals surface area contributed by atoms with E-state index in [1.54, 1.807) is 0 Å². The Morgan fingerprint density at radius 2 is 2.06 bits per heavy atom. The maximum Gasteiger partial charge on any atom is 0.243 e. The Hall–Kier alpha value is -1.20. The summed E-state index contributed by atoms with van der Waals surface area (Å²) in [6, 6.07) is 7.61. The fourth-order valence-electron chi connectivity index (χ4n) is 1.65. The molecule has 96 valence electrons. The Morgan fingerprint density at radius 1 is 1.33 bits per heavy atom. The maximum absolute atomic E-state index is 5.99. The molecule has 0 bridgehead atoms.